The van der Waals surface area contributed by atoms with Crippen molar-refractivity contribution in [2.75, 3.05) is 26.2 Å². The van der Waals surface area contributed by atoms with E-state index in [0.717, 1.165) is 36.7 Å². The Bertz CT molecular complexity index is 988. The van der Waals surface area contributed by atoms with Gasteiger partial charge in [0.2, 0.25) is 0 Å². The Hall–Kier alpha value is -2.57. The summed E-state index contributed by atoms with van der Waals surface area (Å²) >= 11 is 6.66. The number of hydrogen-bond donors (Lipinski definition) is 0. The Morgan fingerprint density at radius 1 is 1.03 bits per heavy atom. The molecule has 1 fully saturated rings. The van der Waals surface area contributed by atoms with Crippen LogP contribution in [-0.4, -0.2) is 51.7 Å². The molecule has 1 aliphatic rings. The maximum Gasteiger partial charge on any atom is 0.289 e. The fourth-order valence-corrected chi connectivity index (χ4v) is 3.96. The van der Waals surface area contributed by atoms with Crippen molar-refractivity contribution >= 4 is 17.5 Å². The summed E-state index contributed by atoms with van der Waals surface area (Å²) in [6.07, 6.45) is 0. The fourth-order valence-electron chi connectivity index (χ4n) is 3.67. The van der Waals surface area contributed by atoms with Crippen molar-refractivity contribution in [3.63, 3.8) is 0 Å². The smallest absolute Gasteiger partial charge is 0.289 e. The molecule has 0 atom stereocenters. The van der Waals surface area contributed by atoms with E-state index in [1.54, 1.807) is 6.07 Å². The summed E-state index contributed by atoms with van der Waals surface area (Å²) in [6, 6.07) is 13.8. The highest BCUT2D eigenvalue weighted by Gasteiger charge is 2.25. The molecule has 0 aliphatic carbocycles. The van der Waals surface area contributed by atoms with Gasteiger partial charge in [0.05, 0.1) is 12.2 Å². The minimum Gasteiger partial charge on any atom is -0.456 e. The van der Waals surface area contributed by atoms with Gasteiger partial charge in [0.1, 0.15) is 10.9 Å². The first-order chi connectivity index (χ1) is 14.0. The van der Waals surface area contributed by atoms with E-state index in [1.807, 2.05) is 47.7 Å². The van der Waals surface area contributed by atoms with Gasteiger partial charge in [0.15, 0.2) is 5.76 Å². The third-order valence-corrected chi connectivity index (χ3v) is 5.77. The van der Waals surface area contributed by atoms with Gasteiger partial charge in [0.25, 0.3) is 5.91 Å². The lowest BCUT2D eigenvalue weighted by molar-refractivity contribution is 0.0596. The molecule has 0 N–H and O–H groups in total. The number of hydrogen-bond acceptors (Lipinski definition) is 4. The zero-order valence-electron chi connectivity index (χ0n) is 16.8. The van der Waals surface area contributed by atoms with Crippen molar-refractivity contribution in [2.24, 2.45) is 0 Å². The number of benzene rings is 1. The van der Waals surface area contributed by atoms with Gasteiger partial charge in [-0.1, -0.05) is 41.9 Å². The quantitative estimate of drug-likeness (QED) is 0.640. The van der Waals surface area contributed by atoms with Gasteiger partial charge in [-0.15, -0.1) is 0 Å². The number of halogens is 1. The molecule has 2 aromatic heterocycles. The van der Waals surface area contributed by atoms with Crippen molar-refractivity contribution in [2.45, 2.75) is 26.9 Å². The van der Waals surface area contributed by atoms with E-state index >= 15 is 0 Å². The number of piperazine rings is 1. The van der Waals surface area contributed by atoms with Gasteiger partial charge in [-0.25, -0.2) is 4.68 Å². The van der Waals surface area contributed by atoms with Crippen molar-refractivity contribution in [3.8, 4) is 0 Å². The second kappa shape index (κ2) is 8.43. The van der Waals surface area contributed by atoms with E-state index in [0.29, 0.717) is 30.5 Å². The van der Waals surface area contributed by atoms with Crippen LogP contribution in [0.4, 0.5) is 0 Å². The second-order valence-electron chi connectivity index (χ2n) is 7.48. The third-order valence-electron chi connectivity index (χ3n) is 5.35. The standard InChI is InChI=1S/C22H25ClN4O2/c1-16-8-9-20(29-16)22(28)26-12-10-25(11-13-26)15-19-17(2)24-27(21(19)23)14-18-6-4-3-5-7-18/h3-9H,10-15H2,1-2H3. The van der Waals surface area contributed by atoms with Crippen LogP contribution in [0.25, 0.3) is 0 Å². The van der Waals surface area contributed by atoms with Crippen LogP contribution in [-0.2, 0) is 13.1 Å². The Labute approximate surface area is 175 Å². The zero-order valence-corrected chi connectivity index (χ0v) is 17.5. The summed E-state index contributed by atoms with van der Waals surface area (Å²) in [6.45, 7) is 8.18. The molecule has 0 radical (unpaired) electrons. The predicted octanol–water partition coefficient (Wildman–Crippen LogP) is 3.75. The Morgan fingerprint density at radius 2 is 1.76 bits per heavy atom. The summed E-state index contributed by atoms with van der Waals surface area (Å²) in [4.78, 5) is 16.7. The van der Waals surface area contributed by atoms with E-state index in [2.05, 4.69) is 22.1 Å². The lowest BCUT2D eigenvalue weighted by Gasteiger charge is -2.34. The molecule has 7 heteroatoms. The average Bonchev–Trinajstić information content (AvgIpc) is 3.27. The topological polar surface area (TPSA) is 54.5 Å². The van der Waals surface area contributed by atoms with E-state index in [-0.39, 0.29) is 5.91 Å². The molecule has 0 bridgehead atoms. The molecule has 4 rings (SSSR count). The number of rotatable bonds is 5. The summed E-state index contributed by atoms with van der Waals surface area (Å²) in [5, 5.41) is 5.33. The molecule has 1 amide bonds. The number of aromatic nitrogens is 2. The summed E-state index contributed by atoms with van der Waals surface area (Å²) in [5.41, 5.74) is 3.18. The van der Waals surface area contributed by atoms with E-state index in [1.165, 1.54) is 5.56 Å². The second-order valence-corrected chi connectivity index (χ2v) is 7.83. The van der Waals surface area contributed by atoms with Gasteiger partial charge in [-0.3, -0.25) is 9.69 Å². The molecule has 29 heavy (non-hydrogen) atoms. The summed E-state index contributed by atoms with van der Waals surface area (Å²) in [5.74, 6) is 1.13. The van der Waals surface area contributed by atoms with Crippen LogP contribution in [0.15, 0.2) is 46.9 Å². The van der Waals surface area contributed by atoms with Crippen LogP contribution in [0, 0.1) is 13.8 Å². The molecule has 0 unspecified atom stereocenters. The van der Waals surface area contributed by atoms with E-state index < -0.39 is 0 Å². The molecule has 1 saturated heterocycles. The lowest BCUT2D eigenvalue weighted by atomic mass is 10.2. The highest BCUT2D eigenvalue weighted by molar-refractivity contribution is 6.30. The molecule has 1 aliphatic heterocycles. The van der Waals surface area contributed by atoms with Crippen LogP contribution in [0.2, 0.25) is 5.15 Å². The van der Waals surface area contributed by atoms with Crippen LogP contribution < -0.4 is 0 Å². The molecule has 1 aromatic carbocycles. The Balaban J connectivity index is 1.37. The van der Waals surface area contributed by atoms with Crippen molar-refractivity contribution in [1.82, 2.24) is 19.6 Å². The minimum absolute atomic E-state index is 0.0392. The zero-order chi connectivity index (χ0) is 20.4. The fraction of sp³-hybridized carbons (Fsp3) is 0.364. The summed E-state index contributed by atoms with van der Waals surface area (Å²) < 4.78 is 7.33. The molecule has 3 aromatic rings. The number of nitrogens with zero attached hydrogens (tertiary/aromatic N) is 4. The molecule has 3 heterocycles. The number of carbonyl (C=O) groups is 1. The largest absolute Gasteiger partial charge is 0.456 e. The number of furan rings is 1. The van der Waals surface area contributed by atoms with Crippen LogP contribution >= 0.6 is 11.6 Å². The number of carbonyl (C=O) groups excluding carboxylic acids is 1. The van der Waals surface area contributed by atoms with Gasteiger partial charge < -0.3 is 9.32 Å². The molecule has 152 valence electrons. The summed E-state index contributed by atoms with van der Waals surface area (Å²) in [7, 11) is 0. The minimum atomic E-state index is -0.0392. The monoisotopic (exact) mass is 412 g/mol. The predicted molar refractivity (Wildman–Crippen MR) is 112 cm³/mol. The van der Waals surface area contributed by atoms with Gasteiger partial charge in [-0.2, -0.15) is 5.10 Å². The lowest BCUT2D eigenvalue weighted by Crippen LogP contribution is -2.48. The average molecular weight is 413 g/mol. The van der Waals surface area contributed by atoms with Crippen molar-refractivity contribution in [1.29, 1.82) is 0 Å². The maximum absolute atomic E-state index is 12.5. The Morgan fingerprint density at radius 3 is 2.41 bits per heavy atom. The molecule has 0 saturated carbocycles. The number of aryl methyl sites for hydroxylation is 2. The van der Waals surface area contributed by atoms with Gasteiger partial charge in [0, 0.05) is 38.3 Å². The first-order valence-corrected chi connectivity index (χ1v) is 10.2. The maximum atomic E-state index is 12.5. The van der Waals surface area contributed by atoms with Crippen molar-refractivity contribution < 1.29 is 9.21 Å². The normalized spacial score (nSPS) is 15.1. The van der Waals surface area contributed by atoms with Gasteiger partial charge >= 0.3 is 0 Å². The molecule has 6 nitrogen and oxygen atoms in total. The van der Waals surface area contributed by atoms with Crippen molar-refractivity contribution in [3.05, 3.63) is 76.0 Å². The molecular weight excluding hydrogens is 388 g/mol. The number of amides is 1. The van der Waals surface area contributed by atoms with Gasteiger partial charge in [-0.05, 0) is 31.5 Å². The van der Waals surface area contributed by atoms with Crippen LogP contribution in [0.5, 0.6) is 0 Å². The molecule has 0 spiro atoms. The van der Waals surface area contributed by atoms with E-state index in [9.17, 15) is 4.79 Å². The van der Waals surface area contributed by atoms with Crippen LogP contribution in [0.1, 0.15) is 33.1 Å². The highest BCUT2D eigenvalue weighted by Crippen LogP contribution is 2.23. The SMILES string of the molecule is Cc1ccc(C(=O)N2CCN(Cc3c(C)nn(Cc4ccccc4)c3Cl)CC2)o1. The first kappa shape index (κ1) is 19.7. The molecular formula is C22H25ClN4O2. The third kappa shape index (κ3) is 4.38. The van der Waals surface area contributed by atoms with E-state index in [4.69, 9.17) is 16.0 Å². The highest BCUT2D eigenvalue weighted by atomic mass is 35.5. The Kier molecular flexibility index (Phi) is 5.74. The first-order valence-electron chi connectivity index (χ1n) is 9.85. The van der Waals surface area contributed by atoms with Crippen LogP contribution in [0.3, 0.4) is 0 Å².